The summed E-state index contributed by atoms with van der Waals surface area (Å²) in [6.07, 6.45) is -12.3. The fraction of sp³-hybridized carbons (Fsp3) is 0.739. The Morgan fingerprint density at radius 1 is 1.07 bits per heavy atom. The molecule has 19 heteroatoms. The molecule has 3 N–H and O–H groups in total. The van der Waals surface area contributed by atoms with Crippen molar-refractivity contribution in [2.45, 2.75) is 103 Å². The number of esters is 2. The van der Waals surface area contributed by atoms with Crippen LogP contribution < -0.4 is 10.2 Å². The minimum Gasteiger partial charge on any atom is -0.462 e. The van der Waals surface area contributed by atoms with Crippen molar-refractivity contribution >= 4 is 31.3 Å². The van der Waals surface area contributed by atoms with Gasteiger partial charge in [-0.15, -0.1) is 0 Å². The Balaban J connectivity index is 2.44. The highest BCUT2D eigenvalue weighted by Crippen LogP contribution is 2.52. The number of halogens is 5. The van der Waals surface area contributed by atoms with Crippen molar-refractivity contribution in [3.05, 3.63) is 12.0 Å². The molecule has 2 aliphatic heterocycles. The lowest BCUT2D eigenvalue weighted by atomic mass is 9.95. The van der Waals surface area contributed by atoms with Crippen LogP contribution in [0, 0.1) is 0 Å². The van der Waals surface area contributed by atoms with E-state index in [1.165, 1.54) is 27.7 Å². The molecule has 0 aromatic heterocycles. The molecule has 0 aliphatic carbocycles. The molecular weight excluding hydrogens is 604 g/mol. The molecule has 1 amide bonds. The molecule has 0 saturated carbocycles. The number of nitrogens with zero attached hydrogens (tertiary/aromatic N) is 1. The van der Waals surface area contributed by atoms with E-state index in [4.69, 9.17) is 18.7 Å². The maximum atomic E-state index is 15.3. The van der Waals surface area contributed by atoms with Crippen molar-refractivity contribution in [1.82, 2.24) is 15.1 Å². The number of ketones is 1. The van der Waals surface area contributed by atoms with Gasteiger partial charge in [0, 0.05) is 6.20 Å². The normalized spacial score (nSPS) is 26.1. The zero-order valence-corrected chi connectivity index (χ0v) is 24.3. The first kappa shape index (κ1) is 35.7. The summed E-state index contributed by atoms with van der Waals surface area (Å²) >= 11 is 0. The molecule has 2 aliphatic rings. The largest absolute Gasteiger partial charge is 0.462 e. The number of allylic oxidation sites excluding steroid dienone is 1. The van der Waals surface area contributed by atoms with Crippen LogP contribution >= 0.6 is 7.67 Å². The van der Waals surface area contributed by atoms with Gasteiger partial charge in [0.25, 0.3) is 6.43 Å². The average Bonchev–Trinajstić information content (AvgIpc) is 3.05. The number of hydrogen-bond donors (Lipinski definition) is 3. The zero-order chi connectivity index (χ0) is 32.4. The number of nitrogens with one attached hydrogen (secondary N) is 2. The summed E-state index contributed by atoms with van der Waals surface area (Å²) in [7, 11) is -4.95. The number of aliphatic hydroxyl groups excluding tert-OH is 1. The Kier molecular flexibility index (Phi) is 11.4. The van der Waals surface area contributed by atoms with Gasteiger partial charge in [0.1, 0.15) is 12.1 Å². The van der Waals surface area contributed by atoms with Gasteiger partial charge in [-0.2, -0.15) is 8.78 Å². The van der Waals surface area contributed by atoms with Crippen LogP contribution in [-0.4, -0.2) is 94.8 Å². The highest BCUT2D eigenvalue weighted by molar-refractivity contribution is 7.54. The summed E-state index contributed by atoms with van der Waals surface area (Å²) in [4.78, 5) is 48.2. The second kappa shape index (κ2) is 13.4. The number of carbonyl (C=O) groups is 4. The van der Waals surface area contributed by atoms with Crippen molar-refractivity contribution < 1.29 is 69.5 Å². The third kappa shape index (κ3) is 7.71. The van der Waals surface area contributed by atoms with E-state index in [0.29, 0.717) is 0 Å². The minimum atomic E-state index is -4.95. The predicted molar refractivity (Wildman–Crippen MR) is 131 cm³/mol. The third-order valence-corrected chi connectivity index (χ3v) is 7.83. The van der Waals surface area contributed by atoms with Crippen molar-refractivity contribution in [2.75, 3.05) is 6.61 Å². The second-order valence-corrected chi connectivity index (χ2v) is 12.0. The van der Waals surface area contributed by atoms with Gasteiger partial charge in [-0.1, -0.05) is 0 Å². The van der Waals surface area contributed by atoms with Crippen LogP contribution in [0.5, 0.6) is 0 Å². The maximum Gasteiger partial charge on any atom is 0.342 e. The van der Waals surface area contributed by atoms with Gasteiger partial charge in [-0.3, -0.25) is 28.6 Å². The topological polar surface area (TPSA) is 170 Å². The Morgan fingerprint density at radius 3 is 1.98 bits per heavy atom. The number of amides is 1. The number of Topliss-reactive ketones (excluding diaryl/α,β-unsaturated/α-hetero) is 1. The summed E-state index contributed by atoms with van der Waals surface area (Å²) < 4.78 is 107. The molecule has 13 nitrogen and oxygen atoms in total. The highest BCUT2D eigenvalue weighted by atomic mass is 31.2. The second-order valence-electron chi connectivity index (χ2n) is 10.1. The number of rotatable bonds is 13. The van der Waals surface area contributed by atoms with Gasteiger partial charge in [-0.25, -0.2) is 23.3 Å². The number of alkyl halides is 4. The fourth-order valence-corrected chi connectivity index (χ4v) is 5.59. The van der Waals surface area contributed by atoms with Gasteiger partial charge in [0.15, 0.2) is 18.2 Å². The van der Waals surface area contributed by atoms with Crippen LogP contribution in [0.3, 0.4) is 0 Å². The summed E-state index contributed by atoms with van der Waals surface area (Å²) in [6.45, 7) is 6.22. The number of hydrogen-bond acceptors (Lipinski definition) is 10. The molecule has 5 atom stereocenters. The van der Waals surface area contributed by atoms with E-state index in [2.05, 4.69) is 10.2 Å². The SMILES string of the molecule is CC(C)OC(=O)[C@H](C)NP(=O)(N[C@@H](C)C(=O)OC(C)C)OC[C@@]1(C(F)F)O[C@@H](N2C=C(F)C(=O)CC2=O)[C@H](O)C1(F)F. The van der Waals surface area contributed by atoms with Gasteiger partial charge in [-0.05, 0) is 41.5 Å². The summed E-state index contributed by atoms with van der Waals surface area (Å²) in [5.41, 5.74) is -4.11. The summed E-state index contributed by atoms with van der Waals surface area (Å²) in [6, 6.07) is -3.02. The maximum absolute atomic E-state index is 15.3. The van der Waals surface area contributed by atoms with Crippen LogP contribution in [0.4, 0.5) is 22.0 Å². The number of aliphatic hydroxyl groups is 1. The average molecular weight is 637 g/mol. The zero-order valence-electron chi connectivity index (χ0n) is 23.4. The van der Waals surface area contributed by atoms with E-state index < -0.39 is 105 Å². The quantitative estimate of drug-likeness (QED) is 0.116. The van der Waals surface area contributed by atoms with E-state index in [0.717, 1.165) is 13.8 Å². The van der Waals surface area contributed by atoms with Crippen LogP contribution in [0.25, 0.3) is 0 Å². The first-order valence-corrected chi connectivity index (χ1v) is 14.2. The fourth-order valence-electron chi connectivity index (χ4n) is 3.76. The van der Waals surface area contributed by atoms with Gasteiger partial charge < -0.3 is 23.8 Å². The Hall–Kier alpha value is -2.50. The van der Waals surface area contributed by atoms with Gasteiger partial charge >= 0.3 is 25.5 Å². The first-order chi connectivity index (χ1) is 19.2. The number of carbonyl (C=O) groups excluding carboxylic acids is 4. The summed E-state index contributed by atoms with van der Waals surface area (Å²) in [5.74, 6) is -11.2. The molecule has 0 bridgehead atoms. The standard InChI is InChI=1S/C23H33F5N3O10P/c1-10(2)39-19(35)12(5)29-42(37,30-13(6)20(36)40-11(3)4)38-9-22(21(25)26)23(27,28)17(34)18(41-22)31-8-14(24)15(32)7-16(31)33/h8,10-13,17-18,21,34H,7,9H2,1-6H3,(H2,29,30,37)/t12-,13-,17-,18+,22-/m0/s1. The molecule has 42 heavy (non-hydrogen) atoms. The summed E-state index contributed by atoms with van der Waals surface area (Å²) in [5, 5.41) is 14.5. The molecule has 0 aromatic carbocycles. The molecule has 0 unspecified atom stereocenters. The first-order valence-electron chi connectivity index (χ1n) is 12.6. The van der Waals surface area contributed by atoms with Crippen LogP contribution in [-0.2, 0) is 42.5 Å². The lowest BCUT2D eigenvalue weighted by Gasteiger charge is -2.35. The van der Waals surface area contributed by atoms with Crippen molar-refractivity contribution in [3.8, 4) is 0 Å². The highest BCUT2D eigenvalue weighted by Gasteiger charge is 2.74. The molecular formula is C23H33F5N3O10P. The molecule has 2 heterocycles. The van der Waals surface area contributed by atoms with E-state index in [1.807, 2.05) is 0 Å². The van der Waals surface area contributed by atoms with Crippen molar-refractivity contribution in [3.63, 3.8) is 0 Å². The van der Waals surface area contributed by atoms with E-state index in [9.17, 15) is 42.0 Å². The Labute approximate surface area is 237 Å². The molecule has 1 saturated heterocycles. The Bertz CT molecular complexity index is 1110. The van der Waals surface area contributed by atoms with E-state index in [-0.39, 0.29) is 11.1 Å². The van der Waals surface area contributed by atoms with Crippen LogP contribution in [0.15, 0.2) is 12.0 Å². The molecule has 1 fully saturated rings. The van der Waals surface area contributed by atoms with E-state index in [1.54, 1.807) is 0 Å². The van der Waals surface area contributed by atoms with Crippen LogP contribution in [0.1, 0.15) is 48.0 Å². The van der Waals surface area contributed by atoms with Crippen molar-refractivity contribution in [2.24, 2.45) is 0 Å². The molecule has 0 spiro atoms. The predicted octanol–water partition coefficient (Wildman–Crippen LogP) is 1.94. The molecule has 240 valence electrons. The Morgan fingerprint density at radius 2 is 1.55 bits per heavy atom. The van der Waals surface area contributed by atoms with Crippen LogP contribution in [0.2, 0.25) is 0 Å². The monoisotopic (exact) mass is 637 g/mol. The third-order valence-electron chi connectivity index (χ3n) is 5.88. The van der Waals surface area contributed by atoms with E-state index >= 15 is 8.78 Å². The molecule has 2 rings (SSSR count). The minimum absolute atomic E-state index is 0.0313. The van der Waals surface area contributed by atoms with Crippen molar-refractivity contribution in [1.29, 1.82) is 0 Å². The lowest BCUT2D eigenvalue weighted by molar-refractivity contribution is -0.243. The molecule has 0 radical (unpaired) electrons. The smallest absolute Gasteiger partial charge is 0.342 e. The van der Waals surface area contributed by atoms with Gasteiger partial charge in [0.2, 0.25) is 17.3 Å². The lowest BCUT2D eigenvalue weighted by Crippen LogP contribution is -2.58. The van der Waals surface area contributed by atoms with Gasteiger partial charge in [0.05, 0.1) is 25.2 Å². The number of ether oxygens (including phenoxy) is 3. The molecule has 0 aromatic rings.